The van der Waals surface area contributed by atoms with Crippen molar-refractivity contribution in [1.82, 2.24) is 4.98 Å². The Bertz CT molecular complexity index is 464. The van der Waals surface area contributed by atoms with Crippen LogP contribution in [0.25, 0.3) is 0 Å². The number of anilines is 1. The maximum absolute atomic E-state index is 12.1. The number of ether oxygens (including phenoxy) is 1. The number of carbonyl (C=O) groups excluding carboxylic acids is 1. The van der Waals surface area contributed by atoms with Gasteiger partial charge in [0.05, 0.1) is 12.3 Å². The first-order chi connectivity index (χ1) is 8.42. The molecule has 5 nitrogen and oxygen atoms in total. The Kier molecular flexibility index (Phi) is 3.77. The van der Waals surface area contributed by atoms with Crippen LogP contribution in [0.3, 0.4) is 0 Å². The van der Waals surface area contributed by atoms with Crippen molar-refractivity contribution >= 4 is 34.8 Å². The standard InChI is InChI=1S/C11H13Cl2N3O2/c1-6-4-7(12)15-9(13)8(6)16-10(17)11(14)2-3-18-5-11/h4H,2-3,5,14H2,1H3,(H,16,17). The number of halogens is 2. The zero-order valence-corrected chi connectivity index (χ0v) is 11.3. The van der Waals surface area contributed by atoms with E-state index in [4.69, 9.17) is 33.7 Å². The molecule has 0 radical (unpaired) electrons. The number of carbonyl (C=O) groups is 1. The topological polar surface area (TPSA) is 77.2 Å². The van der Waals surface area contributed by atoms with Gasteiger partial charge in [-0.25, -0.2) is 4.98 Å². The molecule has 0 spiro atoms. The molecule has 1 amide bonds. The fraction of sp³-hybridized carbons (Fsp3) is 0.455. The first-order valence-electron chi connectivity index (χ1n) is 5.43. The molecule has 0 bridgehead atoms. The van der Waals surface area contributed by atoms with Crippen LogP contribution in [0.15, 0.2) is 6.07 Å². The first-order valence-corrected chi connectivity index (χ1v) is 6.19. The Balaban J connectivity index is 2.22. The molecule has 1 aliphatic rings. The van der Waals surface area contributed by atoms with Crippen LogP contribution in [0.2, 0.25) is 10.3 Å². The van der Waals surface area contributed by atoms with E-state index >= 15 is 0 Å². The molecular formula is C11H13Cl2N3O2. The van der Waals surface area contributed by atoms with Gasteiger partial charge in [-0.1, -0.05) is 23.2 Å². The zero-order valence-electron chi connectivity index (χ0n) is 9.80. The normalized spacial score (nSPS) is 23.1. The molecule has 0 aliphatic carbocycles. The Labute approximate surface area is 115 Å². The Morgan fingerprint density at radius 2 is 2.33 bits per heavy atom. The summed E-state index contributed by atoms with van der Waals surface area (Å²) in [5.74, 6) is -0.325. The summed E-state index contributed by atoms with van der Waals surface area (Å²) in [4.78, 5) is 16.0. The third-order valence-electron chi connectivity index (χ3n) is 2.88. The second-order valence-corrected chi connectivity index (χ2v) is 5.09. The lowest BCUT2D eigenvalue weighted by Crippen LogP contribution is -2.51. The number of rotatable bonds is 2. The number of hydrogen-bond donors (Lipinski definition) is 2. The van der Waals surface area contributed by atoms with E-state index in [0.29, 0.717) is 18.7 Å². The second-order valence-electron chi connectivity index (χ2n) is 4.34. The van der Waals surface area contributed by atoms with Crippen molar-refractivity contribution < 1.29 is 9.53 Å². The monoisotopic (exact) mass is 289 g/mol. The Morgan fingerprint density at radius 3 is 2.89 bits per heavy atom. The number of pyridine rings is 1. The van der Waals surface area contributed by atoms with Gasteiger partial charge in [-0.3, -0.25) is 4.79 Å². The van der Waals surface area contributed by atoms with Gasteiger partial charge in [-0.05, 0) is 25.0 Å². The van der Waals surface area contributed by atoms with Crippen molar-refractivity contribution in [2.45, 2.75) is 18.9 Å². The van der Waals surface area contributed by atoms with Crippen molar-refractivity contribution in [3.05, 3.63) is 21.9 Å². The molecule has 2 rings (SSSR count). The van der Waals surface area contributed by atoms with Crippen molar-refractivity contribution in [2.75, 3.05) is 18.5 Å². The van der Waals surface area contributed by atoms with Crippen LogP contribution >= 0.6 is 23.2 Å². The average Bonchev–Trinajstić information content (AvgIpc) is 2.71. The number of aryl methyl sites for hydroxylation is 1. The second kappa shape index (κ2) is 5.01. The molecule has 1 fully saturated rings. The largest absolute Gasteiger partial charge is 0.379 e. The highest BCUT2D eigenvalue weighted by molar-refractivity contribution is 6.34. The van der Waals surface area contributed by atoms with Gasteiger partial charge in [0.2, 0.25) is 5.91 Å². The maximum Gasteiger partial charge on any atom is 0.247 e. The summed E-state index contributed by atoms with van der Waals surface area (Å²) in [6, 6.07) is 1.62. The number of hydrogen-bond acceptors (Lipinski definition) is 4. The lowest BCUT2D eigenvalue weighted by Gasteiger charge is -2.21. The number of amides is 1. The van der Waals surface area contributed by atoms with Gasteiger partial charge in [-0.2, -0.15) is 0 Å². The zero-order chi connectivity index (χ0) is 13.3. The van der Waals surface area contributed by atoms with Crippen molar-refractivity contribution in [1.29, 1.82) is 0 Å². The highest BCUT2D eigenvalue weighted by Gasteiger charge is 2.38. The molecule has 0 saturated carbocycles. The highest BCUT2D eigenvalue weighted by Crippen LogP contribution is 2.28. The molecule has 1 unspecified atom stereocenters. The first kappa shape index (κ1) is 13.5. The summed E-state index contributed by atoms with van der Waals surface area (Å²) in [6.07, 6.45) is 0.483. The van der Waals surface area contributed by atoms with Gasteiger partial charge < -0.3 is 15.8 Å². The minimum Gasteiger partial charge on any atom is -0.379 e. The molecule has 7 heteroatoms. The molecule has 1 aromatic rings. The van der Waals surface area contributed by atoms with Gasteiger partial charge in [-0.15, -0.1) is 0 Å². The predicted octanol–water partition coefficient (Wildman–Crippen LogP) is 1.75. The summed E-state index contributed by atoms with van der Waals surface area (Å²) in [5, 5.41) is 3.12. The Morgan fingerprint density at radius 1 is 1.61 bits per heavy atom. The van der Waals surface area contributed by atoms with Crippen LogP contribution in [-0.4, -0.2) is 29.6 Å². The predicted molar refractivity (Wildman–Crippen MR) is 70.0 cm³/mol. The van der Waals surface area contributed by atoms with Gasteiger partial charge in [0.1, 0.15) is 10.7 Å². The minimum atomic E-state index is -1.00. The summed E-state index contributed by atoms with van der Waals surface area (Å²) in [7, 11) is 0. The van der Waals surface area contributed by atoms with Crippen molar-refractivity contribution in [2.24, 2.45) is 5.73 Å². The van der Waals surface area contributed by atoms with Crippen molar-refractivity contribution in [3.63, 3.8) is 0 Å². The summed E-state index contributed by atoms with van der Waals surface area (Å²) >= 11 is 11.7. The van der Waals surface area contributed by atoms with Crippen LogP contribution in [0.4, 0.5) is 5.69 Å². The molecule has 3 N–H and O–H groups in total. The van der Waals surface area contributed by atoms with E-state index in [1.807, 2.05) is 0 Å². The summed E-state index contributed by atoms with van der Waals surface area (Å²) in [5.41, 5.74) is 6.11. The molecule has 1 saturated heterocycles. The molecule has 18 heavy (non-hydrogen) atoms. The summed E-state index contributed by atoms with van der Waals surface area (Å²) in [6.45, 7) is 2.47. The van der Waals surface area contributed by atoms with E-state index in [-0.39, 0.29) is 22.8 Å². The molecule has 1 aromatic heterocycles. The molecule has 1 atom stereocenters. The Hall–Kier alpha value is -0.880. The number of nitrogens with one attached hydrogen (secondary N) is 1. The highest BCUT2D eigenvalue weighted by atomic mass is 35.5. The lowest BCUT2D eigenvalue weighted by atomic mass is 9.99. The SMILES string of the molecule is Cc1cc(Cl)nc(Cl)c1NC(=O)C1(N)CCOC1. The molecule has 2 heterocycles. The third-order valence-corrected chi connectivity index (χ3v) is 3.35. The van der Waals surface area contributed by atoms with E-state index in [2.05, 4.69) is 10.3 Å². The number of nitrogens with zero attached hydrogens (tertiary/aromatic N) is 1. The van der Waals surface area contributed by atoms with Gasteiger partial charge in [0, 0.05) is 6.61 Å². The minimum absolute atomic E-state index is 0.149. The van der Waals surface area contributed by atoms with Crippen LogP contribution in [-0.2, 0) is 9.53 Å². The third kappa shape index (κ3) is 2.59. The molecule has 0 aromatic carbocycles. The van der Waals surface area contributed by atoms with E-state index in [9.17, 15) is 4.79 Å². The molecule has 98 valence electrons. The van der Waals surface area contributed by atoms with Gasteiger partial charge in [0.25, 0.3) is 0 Å². The molecular weight excluding hydrogens is 277 g/mol. The van der Waals surface area contributed by atoms with Crippen molar-refractivity contribution in [3.8, 4) is 0 Å². The number of aromatic nitrogens is 1. The quantitative estimate of drug-likeness (QED) is 0.813. The van der Waals surface area contributed by atoms with Gasteiger partial charge >= 0.3 is 0 Å². The van der Waals surface area contributed by atoms with Crippen LogP contribution < -0.4 is 11.1 Å². The van der Waals surface area contributed by atoms with E-state index in [1.54, 1.807) is 13.0 Å². The van der Waals surface area contributed by atoms with E-state index in [0.717, 1.165) is 5.56 Å². The van der Waals surface area contributed by atoms with Crippen LogP contribution in [0.1, 0.15) is 12.0 Å². The average molecular weight is 290 g/mol. The van der Waals surface area contributed by atoms with E-state index < -0.39 is 5.54 Å². The van der Waals surface area contributed by atoms with Crippen LogP contribution in [0, 0.1) is 6.92 Å². The number of nitrogens with two attached hydrogens (primary N) is 1. The smallest absolute Gasteiger partial charge is 0.247 e. The summed E-state index contributed by atoms with van der Waals surface area (Å²) < 4.78 is 5.14. The fourth-order valence-electron chi connectivity index (χ4n) is 1.74. The molecule has 1 aliphatic heterocycles. The van der Waals surface area contributed by atoms with Gasteiger partial charge in [0.15, 0.2) is 5.15 Å². The lowest BCUT2D eigenvalue weighted by molar-refractivity contribution is -0.121. The van der Waals surface area contributed by atoms with E-state index in [1.165, 1.54) is 0 Å². The van der Waals surface area contributed by atoms with Crippen LogP contribution in [0.5, 0.6) is 0 Å². The fourth-order valence-corrected chi connectivity index (χ4v) is 2.32. The maximum atomic E-state index is 12.1.